The fourth-order valence-electron chi connectivity index (χ4n) is 1.48. The van der Waals surface area contributed by atoms with Crippen LogP contribution in [-0.4, -0.2) is 40.5 Å². The monoisotopic (exact) mass is 332 g/mol. The molecule has 0 aromatic carbocycles. The molecule has 0 aliphatic carbocycles. The molecule has 0 saturated carbocycles. The molecule has 20 heavy (non-hydrogen) atoms. The van der Waals surface area contributed by atoms with E-state index in [2.05, 4.69) is 15.7 Å². The number of thioether (sulfide) groups is 1. The molecule has 2 N–H and O–H groups in total. The van der Waals surface area contributed by atoms with Crippen molar-refractivity contribution in [1.82, 2.24) is 20.4 Å². The topological polar surface area (TPSA) is 59.0 Å². The van der Waals surface area contributed by atoms with Gasteiger partial charge in [-0.3, -0.25) is 9.48 Å². The van der Waals surface area contributed by atoms with Gasteiger partial charge in [-0.1, -0.05) is 0 Å². The molecule has 0 spiro atoms. The fourth-order valence-corrected chi connectivity index (χ4v) is 1.92. The number of alkyl halides is 3. The van der Waals surface area contributed by atoms with Crippen LogP contribution in [0.2, 0.25) is 0 Å². The Morgan fingerprint density at radius 1 is 1.55 bits per heavy atom. The lowest BCUT2D eigenvalue weighted by Gasteiger charge is -2.14. The molecule has 0 bridgehead atoms. The average molecular weight is 333 g/mol. The number of hydrogen-bond donors (Lipinski definition) is 2. The Labute approximate surface area is 125 Å². The Bertz CT molecular complexity index is 427. The number of carbonyl (C=O) groups is 1. The third-order valence-electron chi connectivity index (χ3n) is 2.28. The lowest BCUT2D eigenvalue weighted by atomic mass is 10.1. The first-order valence-electron chi connectivity index (χ1n) is 5.47. The number of rotatable bonds is 6. The van der Waals surface area contributed by atoms with Crippen molar-refractivity contribution in [3.8, 4) is 0 Å². The molecule has 1 atom stereocenters. The molecule has 0 saturated heterocycles. The predicted octanol–water partition coefficient (Wildman–Crippen LogP) is 1.47. The van der Waals surface area contributed by atoms with E-state index in [-0.39, 0.29) is 42.4 Å². The van der Waals surface area contributed by atoms with Crippen molar-refractivity contribution in [2.24, 2.45) is 7.05 Å². The van der Waals surface area contributed by atoms with Crippen LogP contribution in [0.4, 0.5) is 13.2 Å². The second-order valence-electron chi connectivity index (χ2n) is 3.75. The maximum absolute atomic E-state index is 11.9. The third-order valence-corrected chi connectivity index (χ3v) is 3.01. The summed E-state index contributed by atoms with van der Waals surface area (Å²) in [6.07, 6.45) is 3.20. The molecule has 1 rings (SSSR count). The van der Waals surface area contributed by atoms with Crippen LogP contribution in [0, 0.1) is 0 Å². The molecule has 1 unspecified atom stereocenters. The van der Waals surface area contributed by atoms with Gasteiger partial charge in [0.2, 0.25) is 5.91 Å². The zero-order valence-electron chi connectivity index (χ0n) is 10.9. The molecule has 0 aliphatic rings. The number of nitrogens with one attached hydrogen (secondary N) is 2. The second kappa shape index (κ2) is 8.38. The quantitative estimate of drug-likeness (QED) is 0.775. The summed E-state index contributed by atoms with van der Waals surface area (Å²) in [6.45, 7) is -0.0402. The van der Waals surface area contributed by atoms with E-state index in [1.807, 2.05) is 0 Å². The highest BCUT2D eigenvalue weighted by Gasteiger charge is 2.27. The number of aryl methyl sites for hydroxylation is 1. The lowest BCUT2D eigenvalue weighted by molar-refractivity contribution is -0.123. The van der Waals surface area contributed by atoms with E-state index < -0.39 is 11.6 Å². The summed E-state index contributed by atoms with van der Waals surface area (Å²) < 4.78 is 37.2. The van der Waals surface area contributed by atoms with Crippen LogP contribution in [0.1, 0.15) is 11.6 Å². The van der Waals surface area contributed by atoms with Crippen molar-refractivity contribution < 1.29 is 18.0 Å². The molecular weight excluding hydrogens is 317 g/mol. The Morgan fingerprint density at radius 2 is 2.20 bits per heavy atom. The summed E-state index contributed by atoms with van der Waals surface area (Å²) in [5.74, 6) is -0.586. The normalized spacial score (nSPS) is 12.7. The summed E-state index contributed by atoms with van der Waals surface area (Å²) in [5.41, 5.74) is -3.61. The van der Waals surface area contributed by atoms with Crippen molar-refractivity contribution in [3.63, 3.8) is 0 Å². The van der Waals surface area contributed by atoms with E-state index in [4.69, 9.17) is 0 Å². The van der Waals surface area contributed by atoms with Gasteiger partial charge in [-0.25, -0.2) is 0 Å². The van der Waals surface area contributed by atoms with Crippen molar-refractivity contribution >= 4 is 30.1 Å². The van der Waals surface area contributed by atoms with Crippen molar-refractivity contribution in [1.29, 1.82) is 0 Å². The Balaban J connectivity index is 0.00000361. The minimum absolute atomic E-state index is 0. The lowest BCUT2D eigenvalue weighted by Crippen LogP contribution is -2.37. The van der Waals surface area contributed by atoms with Crippen molar-refractivity contribution in [2.75, 3.05) is 19.3 Å². The molecule has 1 amide bonds. The van der Waals surface area contributed by atoms with Gasteiger partial charge >= 0.3 is 5.51 Å². The SMILES string of the molecule is CNC(C(=O)NCCSC(F)(F)F)c1cnn(C)c1.Cl. The Kier molecular flexibility index (Phi) is 7.99. The van der Waals surface area contributed by atoms with Gasteiger partial charge in [0.05, 0.1) is 6.20 Å². The summed E-state index contributed by atoms with van der Waals surface area (Å²) in [7, 11) is 3.32. The number of amides is 1. The number of likely N-dealkylation sites (N-methyl/N-ethyl adjacent to an activating group) is 1. The molecule has 1 aromatic heterocycles. The third kappa shape index (κ3) is 6.49. The van der Waals surface area contributed by atoms with E-state index in [0.29, 0.717) is 5.56 Å². The first kappa shape index (κ1) is 19.1. The van der Waals surface area contributed by atoms with Crippen LogP contribution in [0.25, 0.3) is 0 Å². The predicted molar refractivity (Wildman–Crippen MR) is 73.8 cm³/mol. The highest BCUT2D eigenvalue weighted by Crippen LogP contribution is 2.29. The van der Waals surface area contributed by atoms with Gasteiger partial charge in [-0.15, -0.1) is 12.4 Å². The van der Waals surface area contributed by atoms with Crippen LogP contribution < -0.4 is 10.6 Å². The average Bonchev–Trinajstić information content (AvgIpc) is 2.71. The van der Waals surface area contributed by atoms with Crippen LogP contribution in [0.3, 0.4) is 0 Å². The molecule has 5 nitrogen and oxygen atoms in total. The zero-order chi connectivity index (χ0) is 14.5. The van der Waals surface area contributed by atoms with Crippen LogP contribution in [0.5, 0.6) is 0 Å². The smallest absolute Gasteiger partial charge is 0.354 e. The number of aromatic nitrogens is 2. The molecule has 10 heteroatoms. The van der Waals surface area contributed by atoms with Gasteiger partial charge in [0.25, 0.3) is 0 Å². The Hall–Kier alpha value is -0.930. The first-order chi connectivity index (χ1) is 8.83. The van der Waals surface area contributed by atoms with Gasteiger partial charge in [0.1, 0.15) is 6.04 Å². The number of hydrogen-bond acceptors (Lipinski definition) is 4. The second-order valence-corrected chi connectivity index (χ2v) is 4.91. The van der Waals surface area contributed by atoms with Gasteiger partial charge in [-0.2, -0.15) is 18.3 Å². The van der Waals surface area contributed by atoms with E-state index >= 15 is 0 Å². The van der Waals surface area contributed by atoms with Gasteiger partial charge in [0, 0.05) is 31.1 Å². The van der Waals surface area contributed by atoms with E-state index in [0.717, 1.165) is 0 Å². The first-order valence-corrected chi connectivity index (χ1v) is 6.46. The molecule has 1 aromatic rings. The maximum Gasteiger partial charge on any atom is 0.441 e. The highest BCUT2D eigenvalue weighted by atomic mass is 35.5. The zero-order valence-corrected chi connectivity index (χ0v) is 12.5. The highest BCUT2D eigenvalue weighted by molar-refractivity contribution is 8.00. The van der Waals surface area contributed by atoms with Crippen LogP contribution in [0.15, 0.2) is 12.4 Å². The summed E-state index contributed by atoms with van der Waals surface area (Å²) >= 11 is -0.157. The summed E-state index contributed by atoms with van der Waals surface area (Å²) in [6, 6.07) is -0.621. The standard InChI is InChI=1S/C10H15F3N4OS.ClH/c1-14-8(7-5-16-17(2)6-7)9(18)15-3-4-19-10(11,12)13;/h5-6,8,14H,3-4H2,1-2H3,(H,15,18);1H. The maximum atomic E-state index is 11.9. The van der Waals surface area contributed by atoms with Crippen molar-refractivity contribution in [3.05, 3.63) is 18.0 Å². The van der Waals surface area contributed by atoms with E-state index in [1.165, 1.54) is 6.20 Å². The summed E-state index contributed by atoms with van der Waals surface area (Å²) in [5, 5.41) is 9.19. The van der Waals surface area contributed by atoms with Gasteiger partial charge in [0.15, 0.2) is 0 Å². The molecule has 0 radical (unpaired) electrons. The number of carbonyl (C=O) groups excluding carboxylic acids is 1. The molecule has 0 aliphatic heterocycles. The van der Waals surface area contributed by atoms with E-state index in [9.17, 15) is 18.0 Å². The van der Waals surface area contributed by atoms with Gasteiger partial charge in [-0.05, 0) is 18.8 Å². The van der Waals surface area contributed by atoms with Crippen LogP contribution >= 0.6 is 24.2 Å². The molecule has 116 valence electrons. The molecule has 0 fully saturated rings. The minimum Gasteiger partial charge on any atom is -0.354 e. The minimum atomic E-state index is -4.27. The number of nitrogens with zero attached hydrogens (tertiary/aromatic N) is 2. The Morgan fingerprint density at radius 3 is 2.65 bits per heavy atom. The largest absolute Gasteiger partial charge is 0.441 e. The fraction of sp³-hybridized carbons (Fsp3) is 0.600. The van der Waals surface area contributed by atoms with E-state index in [1.54, 1.807) is 25.0 Å². The van der Waals surface area contributed by atoms with Crippen molar-refractivity contribution in [2.45, 2.75) is 11.6 Å². The van der Waals surface area contributed by atoms with Gasteiger partial charge < -0.3 is 10.6 Å². The summed E-state index contributed by atoms with van der Waals surface area (Å²) in [4.78, 5) is 11.8. The molecular formula is C10H16ClF3N4OS. The number of halogens is 4. The van der Waals surface area contributed by atoms with Crippen LogP contribution in [-0.2, 0) is 11.8 Å². The molecule has 1 heterocycles.